The van der Waals surface area contributed by atoms with E-state index in [0.717, 1.165) is 22.3 Å². The Bertz CT molecular complexity index is 822. The second-order valence-electron chi connectivity index (χ2n) is 5.66. The van der Waals surface area contributed by atoms with Crippen molar-refractivity contribution in [2.24, 2.45) is 0 Å². The van der Waals surface area contributed by atoms with Crippen molar-refractivity contribution in [1.82, 2.24) is 14.8 Å². The second kappa shape index (κ2) is 9.22. The van der Waals surface area contributed by atoms with Gasteiger partial charge in [-0.15, -0.1) is 16.8 Å². The maximum atomic E-state index is 10.2. The molecule has 1 heterocycles. The summed E-state index contributed by atoms with van der Waals surface area (Å²) in [5, 5.41) is 19.5. The summed E-state index contributed by atoms with van der Waals surface area (Å²) in [5.41, 5.74) is 1.00. The topological polar surface area (TPSA) is 60.2 Å². The van der Waals surface area contributed by atoms with Crippen molar-refractivity contribution in [3.63, 3.8) is 0 Å². The quantitative estimate of drug-likeness (QED) is 0.462. The van der Waals surface area contributed by atoms with Gasteiger partial charge < -0.3 is 9.84 Å². The smallest absolute Gasteiger partial charge is 0.191 e. The van der Waals surface area contributed by atoms with Crippen LogP contribution in [0.5, 0.6) is 5.75 Å². The molecule has 0 saturated heterocycles. The molecule has 0 aliphatic rings. The van der Waals surface area contributed by atoms with Gasteiger partial charge in [0.25, 0.3) is 0 Å². The first-order valence-corrected chi connectivity index (χ1v) is 9.34. The van der Waals surface area contributed by atoms with Gasteiger partial charge in [-0.05, 0) is 12.1 Å². The fourth-order valence-corrected chi connectivity index (χ4v) is 3.27. The number of hydrogen-bond acceptors (Lipinski definition) is 5. The van der Waals surface area contributed by atoms with Crippen LogP contribution in [0.4, 0.5) is 0 Å². The van der Waals surface area contributed by atoms with Gasteiger partial charge in [-0.1, -0.05) is 66.4 Å². The normalized spacial score (nSPS) is 11.9. The van der Waals surface area contributed by atoms with E-state index in [-0.39, 0.29) is 6.61 Å². The Morgan fingerprint density at radius 1 is 1.08 bits per heavy atom. The number of allylic oxidation sites excluding steroid dienone is 1. The molecule has 1 N–H and O–H groups in total. The van der Waals surface area contributed by atoms with Crippen LogP contribution in [0, 0.1) is 0 Å². The van der Waals surface area contributed by atoms with Crippen LogP contribution in [-0.2, 0) is 6.54 Å². The zero-order valence-corrected chi connectivity index (χ0v) is 15.2. The van der Waals surface area contributed by atoms with E-state index in [1.54, 1.807) is 0 Å². The summed E-state index contributed by atoms with van der Waals surface area (Å²) < 4.78 is 7.58. The summed E-state index contributed by atoms with van der Waals surface area (Å²) in [5.74, 6) is 2.01. The lowest BCUT2D eigenvalue weighted by Gasteiger charge is -2.12. The first-order chi connectivity index (χ1) is 12.8. The second-order valence-corrected chi connectivity index (χ2v) is 6.65. The molecule has 0 fully saturated rings. The molecule has 0 bridgehead atoms. The Morgan fingerprint density at radius 2 is 1.77 bits per heavy atom. The lowest BCUT2D eigenvalue weighted by Crippen LogP contribution is -2.20. The largest absolute Gasteiger partial charge is 0.491 e. The SMILES string of the molecule is C=CCn1c(SC[C@@H](O)COc2ccccc2)nnc1-c1ccccc1. The molecule has 5 nitrogen and oxygen atoms in total. The van der Waals surface area contributed by atoms with E-state index < -0.39 is 6.10 Å². The van der Waals surface area contributed by atoms with Crippen molar-refractivity contribution in [3.05, 3.63) is 73.3 Å². The zero-order chi connectivity index (χ0) is 18.2. The third-order valence-corrected chi connectivity index (χ3v) is 4.76. The minimum absolute atomic E-state index is 0.234. The molecule has 0 unspecified atom stereocenters. The number of ether oxygens (including phenoxy) is 1. The van der Waals surface area contributed by atoms with E-state index in [9.17, 15) is 5.11 Å². The molecule has 0 saturated carbocycles. The lowest BCUT2D eigenvalue weighted by atomic mass is 10.2. The van der Waals surface area contributed by atoms with Crippen molar-refractivity contribution in [2.75, 3.05) is 12.4 Å². The summed E-state index contributed by atoms with van der Waals surface area (Å²) in [4.78, 5) is 0. The molecule has 6 heteroatoms. The Balaban J connectivity index is 1.62. The molecule has 0 aliphatic heterocycles. The van der Waals surface area contributed by atoms with Crippen LogP contribution in [0.25, 0.3) is 11.4 Å². The fourth-order valence-electron chi connectivity index (χ4n) is 2.42. The summed E-state index contributed by atoms with van der Waals surface area (Å²) in [6.07, 6.45) is 1.21. The van der Waals surface area contributed by atoms with Gasteiger partial charge in [0, 0.05) is 17.9 Å². The van der Waals surface area contributed by atoms with E-state index >= 15 is 0 Å². The van der Waals surface area contributed by atoms with Crippen molar-refractivity contribution in [1.29, 1.82) is 0 Å². The van der Waals surface area contributed by atoms with Gasteiger partial charge in [0.15, 0.2) is 11.0 Å². The molecule has 0 radical (unpaired) electrons. The maximum Gasteiger partial charge on any atom is 0.191 e. The Hall–Kier alpha value is -2.57. The number of aliphatic hydroxyl groups is 1. The number of aliphatic hydroxyl groups excluding tert-OH is 1. The number of nitrogens with zero attached hydrogens (tertiary/aromatic N) is 3. The first-order valence-electron chi connectivity index (χ1n) is 8.36. The average Bonchev–Trinajstić information content (AvgIpc) is 3.09. The highest BCUT2D eigenvalue weighted by Crippen LogP contribution is 2.24. The first kappa shape index (κ1) is 18.2. The molecule has 0 aliphatic carbocycles. The van der Waals surface area contributed by atoms with Crippen LogP contribution >= 0.6 is 11.8 Å². The molecule has 1 aromatic heterocycles. The third-order valence-electron chi connectivity index (χ3n) is 3.65. The van der Waals surface area contributed by atoms with Gasteiger partial charge in [0.2, 0.25) is 0 Å². The standard InChI is InChI=1S/C20H21N3O2S/c1-2-13-23-19(16-9-5-3-6-10-16)21-22-20(23)26-15-17(24)14-25-18-11-7-4-8-12-18/h2-12,17,24H,1,13-15H2/t17-/m0/s1. The Kier molecular flexibility index (Phi) is 6.46. The Morgan fingerprint density at radius 3 is 2.46 bits per heavy atom. The van der Waals surface area contributed by atoms with Gasteiger partial charge in [0.1, 0.15) is 12.4 Å². The molecule has 26 heavy (non-hydrogen) atoms. The lowest BCUT2D eigenvalue weighted by molar-refractivity contribution is 0.126. The highest BCUT2D eigenvalue weighted by molar-refractivity contribution is 7.99. The number of hydrogen-bond donors (Lipinski definition) is 1. The van der Waals surface area contributed by atoms with Gasteiger partial charge in [-0.2, -0.15) is 0 Å². The maximum absolute atomic E-state index is 10.2. The van der Waals surface area contributed by atoms with Crippen molar-refractivity contribution in [3.8, 4) is 17.1 Å². The molecule has 3 rings (SSSR count). The van der Waals surface area contributed by atoms with E-state index in [2.05, 4.69) is 16.8 Å². The van der Waals surface area contributed by atoms with Crippen LogP contribution < -0.4 is 4.74 Å². The highest BCUT2D eigenvalue weighted by atomic mass is 32.2. The minimum atomic E-state index is -0.603. The van der Waals surface area contributed by atoms with E-state index in [1.807, 2.05) is 71.3 Å². The summed E-state index contributed by atoms with van der Waals surface area (Å²) in [6, 6.07) is 19.4. The van der Waals surface area contributed by atoms with Crippen molar-refractivity contribution in [2.45, 2.75) is 17.8 Å². The third kappa shape index (κ3) is 4.74. The zero-order valence-electron chi connectivity index (χ0n) is 14.4. The monoisotopic (exact) mass is 367 g/mol. The van der Waals surface area contributed by atoms with Crippen molar-refractivity contribution >= 4 is 11.8 Å². The number of thioether (sulfide) groups is 1. The van der Waals surface area contributed by atoms with Crippen LogP contribution in [0.15, 0.2) is 78.5 Å². The highest BCUT2D eigenvalue weighted by Gasteiger charge is 2.15. The van der Waals surface area contributed by atoms with Crippen LogP contribution in [-0.4, -0.2) is 38.3 Å². The van der Waals surface area contributed by atoms with Gasteiger partial charge in [-0.3, -0.25) is 4.57 Å². The van der Waals surface area contributed by atoms with Crippen molar-refractivity contribution < 1.29 is 9.84 Å². The number of para-hydroxylation sites is 1. The van der Waals surface area contributed by atoms with Gasteiger partial charge >= 0.3 is 0 Å². The molecule has 1 atom stereocenters. The van der Waals surface area contributed by atoms with Gasteiger partial charge in [-0.25, -0.2) is 0 Å². The fraction of sp³-hybridized carbons (Fsp3) is 0.200. The summed E-state index contributed by atoms with van der Waals surface area (Å²) in [7, 11) is 0. The number of aromatic nitrogens is 3. The molecular weight excluding hydrogens is 346 g/mol. The summed E-state index contributed by atoms with van der Waals surface area (Å²) in [6.45, 7) is 4.66. The minimum Gasteiger partial charge on any atom is -0.491 e. The predicted molar refractivity (Wildman–Crippen MR) is 104 cm³/mol. The van der Waals surface area contributed by atoms with E-state index in [1.165, 1.54) is 11.8 Å². The molecule has 3 aromatic rings. The number of benzene rings is 2. The Labute approximate surface area is 157 Å². The number of rotatable bonds is 9. The molecule has 134 valence electrons. The van der Waals surface area contributed by atoms with E-state index in [4.69, 9.17) is 4.74 Å². The van der Waals surface area contributed by atoms with Crippen LogP contribution in [0.3, 0.4) is 0 Å². The van der Waals surface area contributed by atoms with E-state index in [0.29, 0.717) is 12.3 Å². The molecule has 2 aromatic carbocycles. The molecule has 0 spiro atoms. The summed E-state index contributed by atoms with van der Waals surface area (Å²) >= 11 is 1.46. The van der Waals surface area contributed by atoms with Crippen LogP contribution in [0.1, 0.15) is 0 Å². The average molecular weight is 367 g/mol. The predicted octanol–water partition coefficient (Wildman–Crippen LogP) is 3.66. The molecule has 0 amide bonds. The van der Waals surface area contributed by atoms with Gasteiger partial charge in [0.05, 0.1) is 6.10 Å². The van der Waals surface area contributed by atoms with Crippen LogP contribution in [0.2, 0.25) is 0 Å². The molecular formula is C20H21N3O2S.